The van der Waals surface area contributed by atoms with Crippen molar-refractivity contribution >= 4 is 5.97 Å². The molecule has 4 rings (SSSR count). The summed E-state index contributed by atoms with van der Waals surface area (Å²) in [4.78, 5) is 24.7. The number of nitriles is 1. The molecule has 8 heteroatoms. The molecule has 2 N–H and O–H groups in total. The number of rotatable bonds is 6. The zero-order valence-corrected chi connectivity index (χ0v) is 17.2. The second-order valence-electron chi connectivity index (χ2n) is 7.41. The van der Waals surface area contributed by atoms with Gasteiger partial charge in [0.25, 0.3) is 0 Å². The predicted octanol–water partition coefficient (Wildman–Crippen LogP) is 2.52. The normalized spacial score (nSPS) is 13.4. The van der Waals surface area contributed by atoms with E-state index in [2.05, 4.69) is 26.3 Å². The first-order valence-corrected chi connectivity index (χ1v) is 9.84. The third-order valence-electron chi connectivity index (χ3n) is 5.42. The molecule has 0 radical (unpaired) electrons. The van der Waals surface area contributed by atoms with Gasteiger partial charge < -0.3 is 15.2 Å². The summed E-state index contributed by atoms with van der Waals surface area (Å²) in [7, 11) is 0. The molecule has 0 aliphatic carbocycles. The minimum atomic E-state index is -0.730. The van der Waals surface area contributed by atoms with Crippen molar-refractivity contribution in [3.8, 4) is 17.3 Å². The number of ether oxygens (including phenoxy) is 1. The molecule has 0 saturated heterocycles. The molecule has 2 aromatic heterocycles. The molecular weight excluding hydrogens is 394 g/mol. The van der Waals surface area contributed by atoms with Gasteiger partial charge in [-0.2, -0.15) is 5.26 Å². The molecule has 0 unspecified atom stereocenters. The fourth-order valence-electron chi connectivity index (χ4n) is 3.57. The van der Waals surface area contributed by atoms with Crippen LogP contribution in [0.5, 0.6) is 0 Å². The van der Waals surface area contributed by atoms with Crippen LogP contribution >= 0.6 is 0 Å². The Labute approximate surface area is 179 Å². The molecule has 3 heterocycles. The number of aliphatic hydroxyl groups is 1. The summed E-state index contributed by atoms with van der Waals surface area (Å²) >= 11 is 0. The Morgan fingerprint density at radius 1 is 1.23 bits per heavy atom. The van der Waals surface area contributed by atoms with Crippen LogP contribution in [0, 0.1) is 25.2 Å². The summed E-state index contributed by atoms with van der Waals surface area (Å²) in [6.45, 7) is 4.71. The third kappa shape index (κ3) is 4.14. The number of fused-ring (bicyclic) bond motifs is 1. The lowest BCUT2D eigenvalue weighted by molar-refractivity contribution is 0.0535. The molecule has 0 bridgehead atoms. The molecule has 0 fully saturated rings. The van der Waals surface area contributed by atoms with Gasteiger partial charge in [0.15, 0.2) is 0 Å². The highest BCUT2D eigenvalue weighted by Gasteiger charge is 2.25. The minimum absolute atomic E-state index is 0.252. The van der Waals surface area contributed by atoms with Crippen molar-refractivity contribution in [1.82, 2.24) is 20.3 Å². The summed E-state index contributed by atoms with van der Waals surface area (Å²) in [6, 6.07) is 7.41. The molecular formula is C23H21N5O3. The second kappa shape index (κ2) is 8.60. The number of hydrogen-bond donors (Lipinski definition) is 2. The number of aromatic nitrogens is 3. The largest absolute Gasteiger partial charge is 0.457 e. The van der Waals surface area contributed by atoms with Crippen molar-refractivity contribution in [2.24, 2.45) is 0 Å². The fraction of sp³-hybridized carbons (Fsp3) is 0.261. The first-order valence-electron chi connectivity index (χ1n) is 9.84. The fourth-order valence-corrected chi connectivity index (χ4v) is 3.57. The lowest BCUT2D eigenvalue weighted by Crippen LogP contribution is -2.23. The topological polar surface area (TPSA) is 121 Å². The van der Waals surface area contributed by atoms with Crippen molar-refractivity contribution < 1.29 is 14.6 Å². The number of hydrogen-bond acceptors (Lipinski definition) is 8. The van der Waals surface area contributed by atoms with Crippen molar-refractivity contribution in [1.29, 1.82) is 5.26 Å². The number of benzene rings is 1. The Morgan fingerprint density at radius 2 is 2.00 bits per heavy atom. The molecule has 8 nitrogen and oxygen atoms in total. The molecule has 0 amide bonds. The smallest absolute Gasteiger partial charge is 0.338 e. The zero-order chi connectivity index (χ0) is 22.0. The maximum absolute atomic E-state index is 11.7. The van der Waals surface area contributed by atoms with E-state index in [1.54, 1.807) is 30.7 Å². The van der Waals surface area contributed by atoms with E-state index in [0.29, 0.717) is 35.7 Å². The summed E-state index contributed by atoms with van der Waals surface area (Å²) in [6.07, 6.45) is 4.20. The van der Waals surface area contributed by atoms with Crippen LogP contribution in [0.1, 0.15) is 50.1 Å². The van der Waals surface area contributed by atoms with E-state index in [1.807, 2.05) is 19.9 Å². The van der Waals surface area contributed by atoms with Crippen LogP contribution in [-0.2, 0) is 17.9 Å². The van der Waals surface area contributed by atoms with Gasteiger partial charge in [-0.15, -0.1) is 0 Å². The Balaban J connectivity index is 1.37. The number of carbonyl (C=O) groups excluding carboxylic acids is 1. The van der Waals surface area contributed by atoms with E-state index in [4.69, 9.17) is 10.00 Å². The molecule has 1 aromatic carbocycles. The van der Waals surface area contributed by atoms with E-state index in [-0.39, 0.29) is 12.6 Å². The number of pyridine rings is 1. The number of aryl methyl sites for hydroxylation is 1. The van der Waals surface area contributed by atoms with Gasteiger partial charge >= 0.3 is 5.97 Å². The number of cyclic esters (lactones) is 1. The molecule has 3 aromatic rings. The maximum atomic E-state index is 11.7. The Bertz CT molecular complexity index is 1190. The zero-order valence-electron chi connectivity index (χ0n) is 17.2. The molecule has 156 valence electrons. The highest BCUT2D eigenvalue weighted by Crippen LogP contribution is 2.28. The second-order valence-corrected chi connectivity index (χ2v) is 7.41. The maximum Gasteiger partial charge on any atom is 0.338 e. The van der Waals surface area contributed by atoms with Crippen LogP contribution in [0.4, 0.5) is 0 Å². The molecule has 0 saturated carbocycles. The molecule has 1 aliphatic rings. The summed E-state index contributed by atoms with van der Waals surface area (Å²) in [5, 5.41) is 22.8. The molecule has 1 atom stereocenters. The SMILES string of the molecule is Cc1cc(-c2cnc(CNC[C@H](O)c3ccc4c(c3C)COC4=O)nc2)ncc1C#N. The Hall–Kier alpha value is -3.67. The van der Waals surface area contributed by atoms with Crippen molar-refractivity contribution in [3.05, 3.63) is 76.0 Å². The number of carbonyl (C=O) groups is 1. The van der Waals surface area contributed by atoms with E-state index < -0.39 is 6.10 Å². The monoisotopic (exact) mass is 415 g/mol. The van der Waals surface area contributed by atoms with Crippen LogP contribution in [0.2, 0.25) is 0 Å². The van der Waals surface area contributed by atoms with Crippen LogP contribution < -0.4 is 5.32 Å². The average Bonchev–Trinajstić information content (AvgIpc) is 3.16. The first kappa shape index (κ1) is 20.6. The molecule has 0 spiro atoms. The lowest BCUT2D eigenvalue weighted by Gasteiger charge is -2.16. The van der Waals surface area contributed by atoms with Gasteiger partial charge in [0.05, 0.1) is 29.5 Å². The Kier molecular flexibility index (Phi) is 5.71. The quantitative estimate of drug-likeness (QED) is 0.589. The number of aliphatic hydroxyl groups excluding tert-OH is 1. The van der Waals surface area contributed by atoms with E-state index in [9.17, 15) is 9.90 Å². The minimum Gasteiger partial charge on any atom is -0.457 e. The van der Waals surface area contributed by atoms with Gasteiger partial charge in [0.1, 0.15) is 18.5 Å². The van der Waals surface area contributed by atoms with Crippen LogP contribution in [-0.4, -0.2) is 32.6 Å². The van der Waals surface area contributed by atoms with Gasteiger partial charge in [-0.05, 0) is 42.7 Å². The number of nitrogens with one attached hydrogen (secondary N) is 1. The summed E-state index contributed by atoms with van der Waals surface area (Å²) in [5.41, 5.74) is 5.93. The van der Waals surface area contributed by atoms with Gasteiger partial charge in [0.2, 0.25) is 0 Å². The van der Waals surface area contributed by atoms with E-state index in [0.717, 1.165) is 27.8 Å². The van der Waals surface area contributed by atoms with Gasteiger partial charge in [0, 0.05) is 36.3 Å². The molecule has 1 aliphatic heterocycles. The third-order valence-corrected chi connectivity index (χ3v) is 5.42. The van der Waals surface area contributed by atoms with Gasteiger partial charge in [-0.1, -0.05) is 6.07 Å². The van der Waals surface area contributed by atoms with Crippen LogP contribution in [0.3, 0.4) is 0 Å². The Morgan fingerprint density at radius 3 is 2.71 bits per heavy atom. The highest BCUT2D eigenvalue weighted by atomic mass is 16.5. The van der Waals surface area contributed by atoms with Crippen molar-refractivity contribution in [2.75, 3.05) is 6.54 Å². The van der Waals surface area contributed by atoms with Crippen LogP contribution in [0.25, 0.3) is 11.3 Å². The van der Waals surface area contributed by atoms with Crippen LogP contribution in [0.15, 0.2) is 36.8 Å². The average molecular weight is 415 g/mol. The van der Waals surface area contributed by atoms with Gasteiger partial charge in [-0.25, -0.2) is 14.8 Å². The van der Waals surface area contributed by atoms with Crippen molar-refractivity contribution in [2.45, 2.75) is 33.1 Å². The highest BCUT2D eigenvalue weighted by molar-refractivity contribution is 5.93. The lowest BCUT2D eigenvalue weighted by atomic mass is 9.95. The van der Waals surface area contributed by atoms with E-state index in [1.165, 1.54) is 0 Å². The number of nitrogens with zero attached hydrogens (tertiary/aromatic N) is 4. The molecule has 31 heavy (non-hydrogen) atoms. The standard InChI is InChI=1S/C23H21N5O3/c1-13-5-20(26-7-15(13)6-24)16-8-27-22(28-9-16)11-25-10-21(29)17-3-4-18-19(14(17)2)12-31-23(18)30/h3-5,7-9,21,25,29H,10-12H2,1-2H3/t21-/m0/s1. The van der Waals surface area contributed by atoms with E-state index >= 15 is 0 Å². The summed E-state index contributed by atoms with van der Waals surface area (Å²) < 4.78 is 5.07. The number of esters is 1. The summed E-state index contributed by atoms with van der Waals surface area (Å²) in [5.74, 6) is 0.273. The predicted molar refractivity (Wildman–Crippen MR) is 112 cm³/mol. The van der Waals surface area contributed by atoms with Crippen molar-refractivity contribution in [3.63, 3.8) is 0 Å². The first-order chi connectivity index (χ1) is 15.0. The van der Waals surface area contributed by atoms with Gasteiger partial charge in [-0.3, -0.25) is 4.98 Å².